The van der Waals surface area contributed by atoms with Crippen LogP contribution in [-0.2, 0) is 0 Å². The Labute approximate surface area is 53.7 Å². The molecule has 7 heavy (non-hydrogen) atoms. The number of rotatable bonds is 2. The number of allylic oxidation sites excluding steroid dienone is 1. The summed E-state index contributed by atoms with van der Waals surface area (Å²) in [5.74, 6) is 0.472. The van der Waals surface area contributed by atoms with Crippen LogP contribution in [0.3, 0.4) is 0 Å². The lowest BCUT2D eigenvalue weighted by atomic mass is 10.1. The molecule has 41 valence electrons. The van der Waals surface area contributed by atoms with E-state index in [1.54, 1.807) is 6.08 Å². The van der Waals surface area contributed by atoms with Crippen LogP contribution in [0.15, 0.2) is 6.08 Å². The first-order chi connectivity index (χ1) is 3.18. The zero-order valence-corrected chi connectivity index (χ0v) is 6.27. The predicted molar refractivity (Wildman–Crippen MR) is 36.4 cm³/mol. The second-order valence-corrected chi connectivity index (χ2v) is 3.17. The molecule has 0 heterocycles. The number of hydrogen-bond donors (Lipinski definition) is 0. The number of halogens is 1. The molecule has 0 bridgehead atoms. The summed E-state index contributed by atoms with van der Waals surface area (Å²) in [6.07, 6.45) is 1.69. The molecule has 0 nitrogen and oxygen atoms in total. The third-order valence-electron chi connectivity index (χ3n) is 1.03. The van der Waals surface area contributed by atoms with Gasteiger partial charge in [-0.25, -0.2) is 0 Å². The summed E-state index contributed by atoms with van der Waals surface area (Å²) in [6, 6.07) is 0. The summed E-state index contributed by atoms with van der Waals surface area (Å²) in [7, 11) is 0. The zero-order chi connectivity index (χ0) is 5.86. The quantitative estimate of drug-likeness (QED) is 0.547. The van der Waals surface area contributed by atoms with E-state index >= 15 is 0 Å². The van der Waals surface area contributed by atoms with Crippen LogP contribution in [0.4, 0.5) is 0 Å². The van der Waals surface area contributed by atoms with Gasteiger partial charge in [0.05, 0.1) is 0 Å². The molecule has 0 aliphatic carbocycles. The SMILES string of the molecule is [CH]=CC(C)C(C)Br. The molecule has 0 aromatic rings. The fourth-order valence-electron chi connectivity index (χ4n) is 0.153. The maximum atomic E-state index is 5.22. The molecule has 0 fully saturated rings. The first-order valence-corrected chi connectivity index (χ1v) is 3.29. The van der Waals surface area contributed by atoms with Gasteiger partial charge >= 0.3 is 0 Å². The third kappa shape index (κ3) is 2.86. The van der Waals surface area contributed by atoms with Crippen molar-refractivity contribution in [2.24, 2.45) is 5.92 Å². The molecule has 0 N–H and O–H groups in total. The lowest BCUT2D eigenvalue weighted by Crippen LogP contribution is -2.00. The van der Waals surface area contributed by atoms with Crippen molar-refractivity contribution in [1.82, 2.24) is 0 Å². The lowest BCUT2D eigenvalue weighted by molar-refractivity contribution is 0.727. The lowest BCUT2D eigenvalue weighted by Gasteiger charge is -2.05. The summed E-state index contributed by atoms with van der Waals surface area (Å²) < 4.78 is 0. The monoisotopic (exact) mass is 161 g/mol. The molecular formula is C6H10Br. The highest BCUT2D eigenvalue weighted by atomic mass is 79.9. The highest BCUT2D eigenvalue weighted by molar-refractivity contribution is 9.09. The van der Waals surface area contributed by atoms with Crippen molar-refractivity contribution in [1.29, 1.82) is 0 Å². The normalized spacial score (nSPS) is 18.1. The molecule has 1 heteroatoms. The van der Waals surface area contributed by atoms with Gasteiger partial charge in [0.15, 0.2) is 0 Å². The van der Waals surface area contributed by atoms with E-state index in [1.807, 2.05) is 0 Å². The van der Waals surface area contributed by atoms with Gasteiger partial charge < -0.3 is 0 Å². The van der Waals surface area contributed by atoms with Gasteiger partial charge in [-0.05, 0) is 5.92 Å². The molecule has 0 rings (SSSR count). The second-order valence-electron chi connectivity index (χ2n) is 1.73. The number of alkyl halides is 1. The molecule has 1 radical (unpaired) electrons. The second kappa shape index (κ2) is 3.25. The van der Waals surface area contributed by atoms with Gasteiger partial charge in [0.25, 0.3) is 0 Å². The van der Waals surface area contributed by atoms with E-state index in [0.29, 0.717) is 10.7 Å². The van der Waals surface area contributed by atoms with Gasteiger partial charge in [-0.15, -0.1) is 0 Å². The van der Waals surface area contributed by atoms with Gasteiger partial charge in [0.2, 0.25) is 0 Å². The molecule has 0 aliphatic rings. The summed E-state index contributed by atoms with van der Waals surface area (Å²) in [4.78, 5) is 0.498. The van der Waals surface area contributed by atoms with Crippen LogP contribution in [0.5, 0.6) is 0 Å². The minimum absolute atomic E-state index is 0.472. The van der Waals surface area contributed by atoms with Crippen LogP contribution in [0.2, 0.25) is 0 Å². The van der Waals surface area contributed by atoms with E-state index in [4.69, 9.17) is 6.58 Å². The molecule has 0 aliphatic heterocycles. The largest absolute Gasteiger partial charge is 0.0887 e. The van der Waals surface area contributed by atoms with Gasteiger partial charge in [0, 0.05) is 4.83 Å². The Kier molecular flexibility index (Phi) is 3.35. The molecule has 0 amide bonds. The van der Waals surface area contributed by atoms with Crippen LogP contribution < -0.4 is 0 Å². The van der Waals surface area contributed by atoms with Crippen LogP contribution in [0, 0.1) is 12.5 Å². The van der Waals surface area contributed by atoms with Crippen molar-refractivity contribution < 1.29 is 0 Å². The van der Waals surface area contributed by atoms with Crippen molar-refractivity contribution in [3.63, 3.8) is 0 Å². The summed E-state index contributed by atoms with van der Waals surface area (Å²) in [5, 5.41) is 0. The Bertz CT molecular complexity index is 57.2. The standard InChI is InChI=1S/C6H10Br/c1-4-5(2)6(3)7/h1,4-6H,2-3H3. The van der Waals surface area contributed by atoms with E-state index in [2.05, 4.69) is 29.8 Å². The molecular weight excluding hydrogens is 152 g/mol. The Morgan fingerprint density at radius 1 is 1.57 bits per heavy atom. The minimum Gasteiger partial charge on any atom is -0.0887 e. The molecule has 0 aromatic heterocycles. The summed E-state index contributed by atoms with van der Waals surface area (Å²) in [6.45, 7) is 9.36. The molecule has 2 unspecified atom stereocenters. The van der Waals surface area contributed by atoms with E-state index in [9.17, 15) is 0 Å². The average molecular weight is 162 g/mol. The molecule has 2 atom stereocenters. The van der Waals surface area contributed by atoms with Crippen molar-refractivity contribution in [3.05, 3.63) is 12.7 Å². The first-order valence-electron chi connectivity index (χ1n) is 2.37. The Balaban J connectivity index is 3.33. The average Bonchev–Trinajstić information content (AvgIpc) is 1.65. The van der Waals surface area contributed by atoms with Crippen molar-refractivity contribution >= 4 is 15.9 Å². The fraction of sp³-hybridized carbons (Fsp3) is 0.667. The van der Waals surface area contributed by atoms with Crippen LogP contribution in [-0.4, -0.2) is 4.83 Å². The summed E-state index contributed by atoms with van der Waals surface area (Å²) >= 11 is 3.39. The van der Waals surface area contributed by atoms with Crippen LogP contribution in [0.1, 0.15) is 13.8 Å². The molecule has 0 spiro atoms. The maximum Gasteiger partial charge on any atom is 0.0177 e. The van der Waals surface area contributed by atoms with Gasteiger partial charge in [-0.1, -0.05) is 42.4 Å². The predicted octanol–water partition coefficient (Wildman–Crippen LogP) is 2.40. The summed E-state index contributed by atoms with van der Waals surface area (Å²) in [5.41, 5.74) is 0. The molecule has 0 aromatic carbocycles. The number of hydrogen-bond acceptors (Lipinski definition) is 0. The van der Waals surface area contributed by atoms with Crippen molar-refractivity contribution in [2.75, 3.05) is 0 Å². The van der Waals surface area contributed by atoms with E-state index in [0.717, 1.165) is 0 Å². The smallest absolute Gasteiger partial charge is 0.0177 e. The van der Waals surface area contributed by atoms with Crippen molar-refractivity contribution in [3.8, 4) is 0 Å². The van der Waals surface area contributed by atoms with Gasteiger partial charge in [-0.3, -0.25) is 0 Å². The van der Waals surface area contributed by atoms with E-state index in [1.165, 1.54) is 0 Å². The Morgan fingerprint density at radius 2 is 2.00 bits per heavy atom. The molecule has 0 saturated heterocycles. The van der Waals surface area contributed by atoms with Gasteiger partial charge in [-0.2, -0.15) is 0 Å². The highest BCUT2D eigenvalue weighted by Gasteiger charge is 2.00. The first kappa shape index (κ1) is 7.22. The maximum absolute atomic E-state index is 5.22. The zero-order valence-electron chi connectivity index (χ0n) is 4.69. The van der Waals surface area contributed by atoms with Crippen molar-refractivity contribution in [2.45, 2.75) is 18.7 Å². The fourth-order valence-corrected chi connectivity index (χ4v) is 0.329. The third-order valence-corrected chi connectivity index (χ3v) is 1.86. The minimum atomic E-state index is 0.472. The van der Waals surface area contributed by atoms with Crippen LogP contribution in [0.25, 0.3) is 0 Å². The molecule has 0 saturated carbocycles. The van der Waals surface area contributed by atoms with E-state index < -0.39 is 0 Å². The topological polar surface area (TPSA) is 0 Å². The Morgan fingerprint density at radius 3 is 2.00 bits per heavy atom. The van der Waals surface area contributed by atoms with E-state index in [-0.39, 0.29) is 0 Å². The Hall–Kier alpha value is 0.220. The highest BCUT2D eigenvalue weighted by Crippen LogP contribution is 2.10. The van der Waals surface area contributed by atoms with Gasteiger partial charge in [0.1, 0.15) is 0 Å². The van der Waals surface area contributed by atoms with Crippen LogP contribution >= 0.6 is 15.9 Å².